The number of rotatable bonds is 4. The van der Waals surface area contributed by atoms with Crippen molar-refractivity contribution in [3.05, 3.63) is 77.7 Å². The number of piperazine rings is 1. The lowest BCUT2D eigenvalue weighted by Gasteiger charge is -2.36. The number of hydrogen-bond donors (Lipinski definition) is 1. The van der Waals surface area contributed by atoms with Crippen LogP contribution in [0.1, 0.15) is 16.1 Å². The zero-order valence-corrected chi connectivity index (χ0v) is 16.2. The summed E-state index contributed by atoms with van der Waals surface area (Å²) in [5.41, 5.74) is 3.43. The lowest BCUT2D eigenvalue weighted by atomic mass is 10.2. The zero-order valence-electron chi connectivity index (χ0n) is 16.2. The van der Waals surface area contributed by atoms with Crippen LogP contribution >= 0.6 is 0 Å². The number of amides is 1. The van der Waals surface area contributed by atoms with Crippen LogP contribution in [-0.4, -0.2) is 47.2 Å². The minimum absolute atomic E-state index is 0.116. The number of benzene rings is 2. The molecule has 1 saturated heterocycles. The van der Waals surface area contributed by atoms with Crippen molar-refractivity contribution in [1.82, 2.24) is 15.1 Å². The van der Waals surface area contributed by atoms with Gasteiger partial charge in [0.25, 0.3) is 5.91 Å². The van der Waals surface area contributed by atoms with Crippen molar-refractivity contribution in [3.63, 3.8) is 0 Å². The van der Waals surface area contributed by atoms with E-state index >= 15 is 0 Å². The van der Waals surface area contributed by atoms with E-state index in [9.17, 15) is 9.18 Å². The Kier molecular flexibility index (Phi) is 5.37. The fourth-order valence-corrected chi connectivity index (χ4v) is 3.35. The second-order valence-corrected chi connectivity index (χ2v) is 7.05. The number of nitrogens with zero attached hydrogens (tertiary/aromatic N) is 4. The number of nitrogens with one attached hydrogen (secondary N) is 1. The molecule has 2 heterocycles. The Bertz CT molecular complexity index is 983. The van der Waals surface area contributed by atoms with Gasteiger partial charge in [-0.05, 0) is 61.0 Å². The molecule has 0 atom stereocenters. The first-order chi connectivity index (χ1) is 14.1. The van der Waals surface area contributed by atoms with Gasteiger partial charge in [-0.25, -0.2) is 4.39 Å². The Morgan fingerprint density at radius 1 is 0.966 bits per heavy atom. The third-order valence-corrected chi connectivity index (χ3v) is 4.93. The van der Waals surface area contributed by atoms with Crippen LogP contribution in [0.3, 0.4) is 0 Å². The fraction of sp³-hybridized carbons (Fsp3) is 0.227. The van der Waals surface area contributed by atoms with E-state index in [1.807, 2.05) is 4.90 Å². The molecule has 0 unspecified atom stereocenters. The number of aryl methyl sites for hydroxylation is 1. The molecule has 1 N–H and O–H groups in total. The van der Waals surface area contributed by atoms with Crippen molar-refractivity contribution in [1.29, 1.82) is 0 Å². The number of anilines is 3. The Balaban J connectivity index is 1.35. The number of carbonyl (C=O) groups excluding carboxylic acids is 1. The van der Waals surface area contributed by atoms with Crippen LogP contribution in [0.25, 0.3) is 0 Å². The summed E-state index contributed by atoms with van der Waals surface area (Å²) in [7, 11) is 0. The highest BCUT2D eigenvalue weighted by Gasteiger charge is 2.23. The molecule has 0 saturated carbocycles. The van der Waals surface area contributed by atoms with Crippen LogP contribution in [0.4, 0.5) is 21.6 Å². The topological polar surface area (TPSA) is 61.4 Å². The predicted molar refractivity (Wildman–Crippen MR) is 111 cm³/mol. The third-order valence-electron chi connectivity index (χ3n) is 4.93. The summed E-state index contributed by atoms with van der Waals surface area (Å²) in [6.45, 7) is 4.93. The van der Waals surface area contributed by atoms with Gasteiger partial charge in [0.1, 0.15) is 5.82 Å². The molecule has 0 bridgehead atoms. The Labute approximate surface area is 169 Å². The molecule has 0 aliphatic carbocycles. The summed E-state index contributed by atoms with van der Waals surface area (Å²) in [4.78, 5) is 16.8. The first kappa shape index (κ1) is 18.9. The molecular formula is C22H22FN5O. The molecule has 3 aromatic rings. The minimum Gasteiger partial charge on any atom is -0.368 e. The summed E-state index contributed by atoms with van der Waals surface area (Å²) in [6.07, 6.45) is 0. The number of hydrogen-bond acceptors (Lipinski definition) is 5. The normalized spacial score (nSPS) is 14.0. The molecule has 148 valence electrons. The van der Waals surface area contributed by atoms with Crippen LogP contribution in [0, 0.1) is 12.7 Å². The molecule has 1 amide bonds. The van der Waals surface area contributed by atoms with Crippen molar-refractivity contribution in [2.75, 3.05) is 36.4 Å². The summed E-state index contributed by atoms with van der Waals surface area (Å²) in [5, 5.41) is 11.2. The van der Waals surface area contributed by atoms with E-state index in [1.165, 1.54) is 23.4 Å². The van der Waals surface area contributed by atoms with Gasteiger partial charge >= 0.3 is 0 Å². The van der Waals surface area contributed by atoms with Crippen molar-refractivity contribution in [2.24, 2.45) is 0 Å². The van der Waals surface area contributed by atoms with E-state index in [0.717, 1.165) is 13.1 Å². The second-order valence-electron chi connectivity index (χ2n) is 7.05. The van der Waals surface area contributed by atoms with Gasteiger partial charge in [-0.3, -0.25) is 4.79 Å². The van der Waals surface area contributed by atoms with Crippen molar-refractivity contribution < 1.29 is 9.18 Å². The van der Waals surface area contributed by atoms with Crippen molar-refractivity contribution >= 4 is 23.1 Å². The molecule has 0 spiro atoms. The molecule has 1 aliphatic rings. The molecule has 1 aromatic heterocycles. The van der Waals surface area contributed by atoms with E-state index in [1.54, 1.807) is 24.3 Å². The number of halogens is 1. The van der Waals surface area contributed by atoms with E-state index in [2.05, 4.69) is 51.6 Å². The summed E-state index contributed by atoms with van der Waals surface area (Å²) in [6, 6.07) is 17.7. The van der Waals surface area contributed by atoms with Gasteiger partial charge in [0, 0.05) is 37.6 Å². The molecule has 6 nitrogen and oxygen atoms in total. The molecular weight excluding hydrogens is 369 g/mol. The van der Waals surface area contributed by atoms with Gasteiger partial charge in [0.05, 0.1) is 0 Å². The molecule has 1 fully saturated rings. The minimum atomic E-state index is -0.301. The summed E-state index contributed by atoms with van der Waals surface area (Å²) < 4.78 is 13.0. The van der Waals surface area contributed by atoms with E-state index in [0.29, 0.717) is 30.3 Å². The molecule has 0 radical (unpaired) electrons. The molecule has 7 heteroatoms. The van der Waals surface area contributed by atoms with Crippen LogP contribution < -0.4 is 10.2 Å². The molecule has 1 aliphatic heterocycles. The zero-order chi connectivity index (χ0) is 20.2. The lowest BCUT2D eigenvalue weighted by Crippen LogP contribution is -2.49. The molecule has 2 aromatic carbocycles. The quantitative estimate of drug-likeness (QED) is 0.736. The number of carbonyl (C=O) groups is 1. The Morgan fingerprint density at radius 2 is 1.72 bits per heavy atom. The predicted octanol–water partition coefficient (Wildman–Crippen LogP) is 3.63. The monoisotopic (exact) mass is 391 g/mol. The van der Waals surface area contributed by atoms with Crippen LogP contribution in [0.5, 0.6) is 0 Å². The average molecular weight is 391 g/mol. The number of aromatic nitrogens is 2. The van der Waals surface area contributed by atoms with E-state index in [4.69, 9.17) is 0 Å². The van der Waals surface area contributed by atoms with Gasteiger partial charge in [-0.15, -0.1) is 10.2 Å². The maximum atomic E-state index is 13.0. The highest BCUT2D eigenvalue weighted by atomic mass is 19.1. The van der Waals surface area contributed by atoms with E-state index in [-0.39, 0.29) is 11.7 Å². The van der Waals surface area contributed by atoms with E-state index < -0.39 is 0 Å². The second kappa shape index (κ2) is 8.26. The van der Waals surface area contributed by atoms with Gasteiger partial charge in [0.15, 0.2) is 11.5 Å². The third kappa shape index (κ3) is 4.51. The maximum Gasteiger partial charge on any atom is 0.274 e. The van der Waals surface area contributed by atoms with Crippen LogP contribution in [0.15, 0.2) is 60.7 Å². The maximum absolute atomic E-state index is 13.0. The summed E-state index contributed by atoms with van der Waals surface area (Å²) in [5.74, 6) is 0.0808. The van der Waals surface area contributed by atoms with Crippen LogP contribution in [-0.2, 0) is 0 Å². The van der Waals surface area contributed by atoms with Crippen molar-refractivity contribution in [3.8, 4) is 0 Å². The van der Waals surface area contributed by atoms with Gasteiger partial charge < -0.3 is 15.1 Å². The van der Waals surface area contributed by atoms with Gasteiger partial charge in [-0.2, -0.15) is 0 Å². The first-order valence-corrected chi connectivity index (χ1v) is 9.56. The first-order valence-electron chi connectivity index (χ1n) is 9.56. The van der Waals surface area contributed by atoms with Crippen LogP contribution in [0.2, 0.25) is 0 Å². The Hall–Kier alpha value is -3.48. The Morgan fingerprint density at radius 3 is 2.38 bits per heavy atom. The highest BCUT2D eigenvalue weighted by molar-refractivity contribution is 5.92. The van der Waals surface area contributed by atoms with Gasteiger partial charge in [-0.1, -0.05) is 12.1 Å². The lowest BCUT2D eigenvalue weighted by molar-refractivity contribution is 0.0739. The molecule has 4 rings (SSSR count). The largest absolute Gasteiger partial charge is 0.368 e. The van der Waals surface area contributed by atoms with Gasteiger partial charge in [0.2, 0.25) is 0 Å². The standard InChI is InChI=1S/C22H22FN5O/c1-16-3-2-4-19(15-16)27-11-13-28(14-12-27)22(29)20-9-10-21(26-25-20)24-18-7-5-17(23)6-8-18/h2-10,15H,11-14H2,1H3,(H,24,26). The van der Waals surface area contributed by atoms with Crippen molar-refractivity contribution in [2.45, 2.75) is 6.92 Å². The highest BCUT2D eigenvalue weighted by Crippen LogP contribution is 2.19. The molecule has 29 heavy (non-hydrogen) atoms. The average Bonchev–Trinajstić information content (AvgIpc) is 2.75. The smallest absolute Gasteiger partial charge is 0.274 e. The summed E-state index contributed by atoms with van der Waals surface area (Å²) >= 11 is 0. The fourth-order valence-electron chi connectivity index (χ4n) is 3.35. The SMILES string of the molecule is Cc1cccc(N2CCN(C(=O)c3ccc(Nc4ccc(F)cc4)nn3)CC2)c1.